The van der Waals surface area contributed by atoms with Crippen LogP contribution < -0.4 is 24.7 Å². The maximum Gasteiger partial charge on any atom is 0.261 e. The Hall–Kier alpha value is -3.70. The number of para-hydroxylation sites is 1. The van der Waals surface area contributed by atoms with Crippen LogP contribution in [0.2, 0.25) is 0 Å². The first-order valence-electron chi connectivity index (χ1n) is 12.6. The summed E-state index contributed by atoms with van der Waals surface area (Å²) in [6.07, 6.45) is 2.88. The molecule has 1 saturated heterocycles. The number of amides is 1. The predicted octanol–water partition coefficient (Wildman–Crippen LogP) is 2.96. The van der Waals surface area contributed by atoms with Gasteiger partial charge in [-0.2, -0.15) is 4.98 Å². The normalized spacial score (nSPS) is 16.7. The zero-order valence-electron chi connectivity index (χ0n) is 22.1. The van der Waals surface area contributed by atoms with Gasteiger partial charge >= 0.3 is 0 Å². The first kappa shape index (κ1) is 25.9. The van der Waals surface area contributed by atoms with Crippen molar-refractivity contribution in [2.75, 3.05) is 65.4 Å². The number of carbonyl (C=O) groups is 1. The molecule has 11 heteroatoms. The van der Waals surface area contributed by atoms with Gasteiger partial charge in [0.15, 0.2) is 0 Å². The third-order valence-corrected chi connectivity index (χ3v) is 8.32. The van der Waals surface area contributed by atoms with Crippen molar-refractivity contribution in [3.05, 3.63) is 65.9 Å². The Morgan fingerprint density at radius 2 is 1.76 bits per heavy atom. The van der Waals surface area contributed by atoms with Gasteiger partial charge in [-0.1, -0.05) is 26.0 Å². The van der Waals surface area contributed by atoms with Crippen molar-refractivity contribution in [2.45, 2.75) is 19.3 Å². The Morgan fingerprint density at radius 3 is 2.45 bits per heavy atom. The number of piperazine rings is 1. The molecule has 0 radical (unpaired) electrons. The number of aromatic nitrogens is 2. The highest BCUT2D eigenvalue weighted by Crippen LogP contribution is 2.41. The first-order chi connectivity index (χ1) is 18.0. The predicted molar refractivity (Wildman–Crippen MR) is 151 cm³/mol. The summed E-state index contributed by atoms with van der Waals surface area (Å²) in [5.41, 5.74) is 3.12. The highest BCUT2D eigenvalue weighted by atomic mass is 32.2. The molecule has 0 unspecified atom stereocenters. The van der Waals surface area contributed by atoms with Crippen LogP contribution in [-0.4, -0.2) is 70.3 Å². The van der Waals surface area contributed by atoms with E-state index in [1.165, 1.54) is 12.7 Å². The summed E-state index contributed by atoms with van der Waals surface area (Å²) in [4.78, 5) is 27.1. The molecule has 38 heavy (non-hydrogen) atoms. The Balaban J connectivity index is 1.43. The summed E-state index contributed by atoms with van der Waals surface area (Å²) in [6.45, 7) is 8.38. The Kier molecular flexibility index (Phi) is 6.74. The molecule has 10 nitrogen and oxygen atoms in total. The molecule has 2 aromatic carbocycles. The van der Waals surface area contributed by atoms with E-state index in [4.69, 9.17) is 4.98 Å². The average molecular weight is 536 g/mol. The second-order valence-corrected chi connectivity index (χ2v) is 12.4. The zero-order chi connectivity index (χ0) is 27.1. The number of fused-ring (bicyclic) bond motifs is 1. The number of nitrogens with zero attached hydrogens (tertiary/aromatic N) is 5. The molecule has 0 aliphatic carbocycles. The summed E-state index contributed by atoms with van der Waals surface area (Å²) in [5.74, 6) is 0.593. The van der Waals surface area contributed by atoms with Gasteiger partial charge in [0.25, 0.3) is 5.91 Å². The first-order valence-corrected chi connectivity index (χ1v) is 14.4. The van der Waals surface area contributed by atoms with Crippen LogP contribution in [0.15, 0.2) is 54.7 Å². The third-order valence-electron chi connectivity index (χ3n) is 7.13. The lowest BCUT2D eigenvalue weighted by Crippen LogP contribution is -2.43. The summed E-state index contributed by atoms with van der Waals surface area (Å²) in [5, 5.41) is 6.63. The maximum atomic E-state index is 13.8. The molecule has 0 saturated carbocycles. The van der Waals surface area contributed by atoms with Crippen LogP contribution in [-0.2, 0) is 15.4 Å². The van der Waals surface area contributed by atoms with Crippen LogP contribution in [0.1, 0.15) is 29.8 Å². The Labute approximate surface area is 223 Å². The molecule has 1 aromatic heterocycles. The van der Waals surface area contributed by atoms with Gasteiger partial charge in [0.05, 0.1) is 17.5 Å². The molecule has 200 valence electrons. The van der Waals surface area contributed by atoms with E-state index in [0.717, 1.165) is 48.0 Å². The molecule has 1 fully saturated rings. The van der Waals surface area contributed by atoms with Gasteiger partial charge in [-0.15, -0.1) is 0 Å². The molecule has 5 rings (SSSR count). The molecular formula is C27H33N7O3S. The standard InChI is InChI=1S/C27H33N7O3S/c1-27(2)18-34(25(35)21-7-5-6-8-23(21)32(3)38(4,36)37)24-22(27)17-29-26(31-24)30-19-9-11-20(12-10-19)33-15-13-28-14-16-33/h5-12,17,28H,13-16,18H2,1-4H3,(H,29,30,31). The van der Waals surface area contributed by atoms with Gasteiger partial charge in [0.2, 0.25) is 16.0 Å². The van der Waals surface area contributed by atoms with Crippen LogP contribution in [0.25, 0.3) is 0 Å². The number of rotatable bonds is 6. The van der Waals surface area contributed by atoms with Gasteiger partial charge in [-0.05, 0) is 36.4 Å². The maximum absolute atomic E-state index is 13.8. The lowest BCUT2D eigenvalue weighted by Gasteiger charge is -2.29. The molecule has 3 aromatic rings. The zero-order valence-corrected chi connectivity index (χ0v) is 22.9. The molecule has 0 spiro atoms. The van der Waals surface area contributed by atoms with E-state index in [1.807, 2.05) is 26.0 Å². The van der Waals surface area contributed by atoms with Crippen LogP contribution in [0.4, 0.5) is 28.8 Å². The van der Waals surface area contributed by atoms with Crippen molar-refractivity contribution in [3.8, 4) is 0 Å². The highest BCUT2D eigenvalue weighted by molar-refractivity contribution is 7.92. The lowest BCUT2D eigenvalue weighted by molar-refractivity contribution is 0.0986. The molecule has 0 atom stereocenters. The van der Waals surface area contributed by atoms with Crippen LogP contribution in [0.3, 0.4) is 0 Å². The molecule has 3 heterocycles. The fourth-order valence-electron chi connectivity index (χ4n) is 4.90. The highest BCUT2D eigenvalue weighted by Gasteiger charge is 2.41. The minimum Gasteiger partial charge on any atom is -0.369 e. The fraction of sp³-hybridized carbons (Fsp3) is 0.370. The van der Waals surface area contributed by atoms with E-state index in [-0.39, 0.29) is 11.3 Å². The summed E-state index contributed by atoms with van der Waals surface area (Å²) < 4.78 is 25.6. The number of benzene rings is 2. The minimum atomic E-state index is -3.55. The second kappa shape index (κ2) is 9.88. The van der Waals surface area contributed by atoms with E-state index >= 15 is 0 Å². The SMILES string of the molecule is CN(c1ccccc1C(=O)N1CC(C)(C)c2cnc(Nc3ccc(N4CCNCC4)cc3)nc21)S(C)(=O)=O. The summed E-state index contributed by atoms with van der Waals surface area (Å²) >= 11 is 0. The number of anilines is 5. The van der Waals surface area contributed by atoms with Crippen LogP contribution in [0, 0.1) is 0 Å². The van der Waals surface area contributed by atoms with Gasteiger partial charge in [0, 0.05) is 68.3 Å². The van der Waals surface area contributed by atoms with Crippen LogP contribution >= 0.6 is 0 Å². The van der Waals surface area contributed by atoms with E-state index in [1.54, 1.807) is 35.4 Å². The number of carbonyl (C=O) groups excluding carboxylic acids is 1. The summed E-state index contributed by atoms with van der Waals surface area (Å²) in [6, 6.07) is 14.9. The molecular weight excluding hydrogens is 502 g/mol. The average Bonchev–Trinajstić information content (AvgIpc) is 3.18. The van der Waals surface area contributed by atoms with Crippen LogP contribution in [0.5, 0.6) is 0 Å². The second-order valence-electron chi connectivity index (χ2n) is 10.4. The van der Waals surface area contributed by atoms with Crippen molar-refractivity contribution in [1.82, 2.24) is 15.3 Å². The Morgan fingerprint density at radius 1 is 1.08 bits per heavy atom. The molecule has 2 aliphatic heterocycles. The third kappa shape index (κ3) is 5.03. The van der Waals surface area contributed by atoms with Crippen molar-refractivity contribution >= 4 is 44.8 Å². The molecule has 2 N–H and O–H groups in total. The van der Waals surface area contributed by atoms with Gasteiger partial charge < -0.3 is 15.5 Å². The fourth-order valence-corrected chi connectivity index (χ4v) is 5.42. The largest absolute Gasteiger partial charge is 0.369 e. The van der Waals surface area contributed by atoms with Gasteiger partial charge in [-0.3, -0.25) is 14.0 Å². The van der Waals surface area contributed by atoms with Gasteiger partial charge in [0.1, 0.15) is 5.82 Å². The van der Waals surface area contributed by atoms with Crippen molar-refractivity contribution in [3.63, 3.8) is 0 Å². The van der Waals surface area contributed by atoms with E-state index in [9.17, 15) is 13.2 Å². The molecule has 2 aliphatic rings. The number of hydrogen-bond acceptors (Lipinski definition) is 8. The summed E-state index contributed by atoms with van der Waals surface area (Å²) in [7, 11) is -2.10. The van der Waals surface area contributed by atoms with Crippen molar-refractivity contribution < 1.29 is 13.2 Å². The quantitative estimate of drug-likeness (QED) is 0.496. The number of nitrogens with one attached hydrogen (secondary N) is 2. The minimum absolute atomic E-state index is 0.292. The monoisotopic (exact) mass is 535 g/mol. The van der Waals surface area contributed by atoms with E-state index in [0.29, 0.717) is 29.6 Å². The van der Waals surface area contributed by atoms with Crippen molar-refractivity contribution in [2.24, 2.45) is 0 Å². The molecule has 0 bridgehead atoms. The number of hydrogen-bond donors (Lipinski definition) is 2. The van der Waals surface area contributed by atoms with Gasteiger partial charge in [-0.25, -0.2) is 13.4 Å². The molecule has 1 amide bonds. The number of sulfonamides is 1. The topological polar surface area (TPSA) is 111 Å². The van der Waals surface area contributed by atoms with Crippen molar-refractivity contribution in [1.29, 1.82) is 0 Å². The van der Waals surface area contributed by atoms with E-state index < -0.39 is 10.0 Å². The van der Waals surface area contributed by atoms with E-state index in [2.05, 4.69) is 32.7 Å². The smallest absolute Gasteiger partial charge is 0.261 e. The Bertz CT molecular complexity index is 1450. The lowest BCUT2D eigenvalue weighted by atomic mass is 9.89.